The molecule has 0 heterocycles. The minimum absolute atomic E-state index is 0.0718. The Kier molecular flexibility index (Phi) is 3.22. The number of carbonyl (C=O) groups is 1. The number of methoxy groups -OCH3 is 1. The molecule has 0 spiro atoms. The van der Waals surface area contributed by atoms with Crippen LogP contribution < -0.4 is 0 Å². The van der Waals surface area contributed by atoms with Crippen molar-refractivity contribution in [2.24, 2.45) is 0 Å². The van der Waals surface area contributed by atoms with Crippen molar-refractivity contribution in [2.75, 3.05) is 7.11 Å². The van der Waals surface area contributed by atoms with Crippen molar-refractivity contribution in [3.05, 3.63) is 12.2 Å². The molecule has 0 aliphatic heterocycles. The number of rotatable bonds is 3. The van der Waals surface area contributed by atoms with Gasteiger partial charge in [0, 0.05) is 0 Å². The Labute approximate surface area is 65.4 Å². The molecule has 0 fully saturated rings. The molecular weight excluding hydrogens is 148 g/mol. The second-order valence-corrected chi connectivity index (χ2v) is 2.57. The molecule has 0 amide bonds. The van der Waals surface area contributed by atoms with Crippen LogP contribution in [0.3, 0.4) is 0 Å². The van der Waals surface area contributed by atoms with E-state index < -0.39 is 11.6 Å². The van der Waals surface area contributed by atoms with E-state index in [4.69, 9.17) is 5.26 Å². The molecule has 0 radical (unpaired) electrons. The van der Waals surface area contributed by atoms with Crippen molar-refractivity contribution in [3.8, 4) is 0 Å². The SMILES string of the molecule is C=C(C(=O)OC)C(C)(C)OO. The van der Waals surface area contributed by atoms with Crippen molar-refractivity contribution in [1.29, 1.82) is 0 Å². The summed E-state index contributed by atoms with van der Waals surface area (Å²) in [6, 6.07) is 0. The minimum atomic E-state index is -1.09. The van der Waals surface area contributed by atoms with Gasteiger partial charge in [0.05, 0.1) is 12.7 Å². The fourth-order valence-electron chi connectivity index (χ4n) is 0.424. The molecule has 0 aliphatic carbocycles. The van der Waals surface area contributed by atoms with Gasteiger partial charge in [-0.3, -0.25) is 5.26 Å². The Balaban J connectivity index is 4.36. The summed E-state index contributed by atoms with van der Waals surface area (Å²) in [7, 11) is 1.24. The van der Waals surface area contributed by atoms with Gasteiger partial charge in [0.1, 0.15) is 5.60 Å². The first-order valence-corrected chi connectivity index (χ1v) is 3.06. The zero-order chi connectivity index (χ0) is 9.07. The van der Waals surface area contributed by atoms with Gasteiger partial charge in [-0.25, -0.2) is 9.68 Å². The zero-order valence-corrected chi connectivity index (χ0v) is 6.88. The maximum Gasteiger partial charge on any atom is 0.336 e. The quantitative estimate of drug-likeness (QED) is 0.289. The van der Waals surface area contributed by atoms with Crippen molar-refractivity contribution in [2.45, 2.75) is 19.4 Å². The fraction of sp³-hybridized carbons (Fsp3) is 0.571. The van der Waals surface area contributed by atoms with Gasteiger partial charge in [-0.2, -0.15) is 0 Å². The first-order valence-electron chi connectivity index (χ1n) is 3.06. The third-order valence-electron chi connectivity index (χ3n) is 1.39. The Morgan fingerprint density at radius 2 is 2.00 bits per heavy atom. The highest BCUT2D eigenvalue weighted by Gasteiger charge is 2.28. The first kappa shape index (κ1) is 10.1. The molecule has 11 heavy (non-hydrogen) atoms. The van der Waals surface area contributed by atoms with Gasteiger partial charge >= 0.3 is 5.97 Å². The molecule has 0 atom stereocenters. The molecule has 64 valence electrons. The summed E-state index contributed by atoms with van der Waals surface area (Å²) in [5.41, 5.74) is -1.02. The van der Waals surface area contributed by atoms with Gasteiger partial charge in [0.25, 0.3) is 0 Å². The van der Waals surface area contributed by atoms with E-state index in [0.717, 1.165) is 0 Å². The molecule has 4 nitrogen and oxygen atoms in total. The lowest BCUT2D eigenvalue weighted by Gasteiger charge is -2.20. The number of hydrogen-bond donors (Lipinski definition) is 1. The van der Waals surface area contributed by atoms with E-state index in [1.165, 1.54) is 21.0 Å². The number of carbonyl (C=O) groups excluding carboxylic acids is 1. The van der Waals surface area contributed by atoms with Crippen LogP contribution in [0.25, 0.3) is 0 Å². The van der Waals surface area contributed by atoms with Crippen molar-refractivity contribution < 1.29 is 19.7 Å². The van der Waals surface area contributed by atoms with Crippen LogP contribution in [0.2, 0.25) is 0 Å². The molecule has 4 heteroatoms. The van der Waals surface area contributed by atoms with Gasteiger partial charge < -0.3 is 4.74 Å². The van der Waals surface area contributed by atoms with Crippen LogP contribution in [0, 0.1) is 0 Å². The van der Waals surface area contributed by atoms with Gasteiger partial charge in [0.2, 0.25) is 0 Å². The standard InChI is InChI=1S/C7H12O4/c1-5(6(8)10-4)7(2,3)11-9/h9H,1H2,2-4H3. The highest BCUT2D eigenvalue weighted by atomic mass is 17.1. The van der Waals surface area contributed by atoms with Crippen LogP contribution in [0.4, 0.5) is 0 Å². The smallest absolute Gasteiger partial charge is 0.336 e. The normalized spacial score (nSPS) is 10.9. The lowest BCUT2D eigenvalue weighted by Crippen LogP contribution is -2.30. The number of hydrogen-bond acceptors (Lipinski definition) is 4. The molecule has 0 saturated heterocycles. The monoisotopic (exact) mass is 160 g/mol. The van der Waals surface area contributed by atoms with Crippen LogP contribution in [0.15, 0.2) is 12.2 Å². The average molecular weight is 160 g/mol. The van der Waals surface area contributed by atoms with Gasteiger partial charge in [-0.15, -0.1) is 0 Å². The second-order valence-electron chi connectivity index (χ2n) is 2.57. The maximum atomic E-state index is 10.8. The van der Waals surface area contributed by atoms with Crippen LogP contribution >= 0.6 is 0 Å². The summed E-state index contributed by atoms with van der Waals surface area (Å²) in [6.45, 7) is 6.42. The lowest BCUT2D eigenvalue weighted by molar-refractivity contribution is -0.300. The summed E-state index contributed by atoms with van der Waals surface area (Å²) < 4.78 is 4.37. The highest BCUT2D eigenvalue weighted by Crippen LogP contribution is 2.18. The van der Waals surface area contributed by atoms with Crippen LogP contribution in [-0.4, -0.2) is 23.9 Å². The number of ether oxygens (including phenoxy) is 1. The lowest BCUT2D eigenvalue weighted by atomic mass is 10.0. The zero-order valence-electron chi connectivity index (χ0n) is 6.88. The maximum absolute atomic E-state index is 10.8. The van der Waals surface area contributed by atoms with E-state index in [1.807, 2.05) is 0 Å². The average Bonchev–Trinajstić information content (AvgIpc) is 2.01. The summed E-state index contributed by atoms with van der Waals surface area (Å²) in [5, 5.41) is 8.34. The highest BCUT2D eigenvalue weighted by molar-refractivity contribution is 5.89. The van der Waals surface area contributed by atoms with Gasteiger partial charge in [0.15, 0.2) is 0 Å². The molecular formula is C7H12O4. The van der Waals surface area contributed by atoms with E-state index >= 15 is 0 Å². The molecule has 0 saturated carbocycles. The Bertz CT molecular complexity index is 171. The van der Waals surface area contributed by atoms with Crippen molar-refractivity contribution in [1.82, 2.24) is 0 Å². The van der Waals surface area contributed by atoms with Crippen LogP contribution in [0.1, 0.15) is 13.8 Å². The van der Waals surface area contributed by atoms with Crippen molar-refractivity contribution >= 4 is 5.97 Å². The summed E-state index contributed by atoms with van der Waals surface area (Å²) in [6.07, 6.45) is 0. The van der Waals surface area contributed by atoms with E-state index in [2.05, 4.69) is 16.2 Å². The summed E-state index contributed by atoms with van der Waals surface area (Å²) >= 11 is 0. The Hall–Kier alpha value is -0.870. The predicted octanol–water partition coefficient (Wildman–Crippen LogP) is 0.984. The van der Waals surface area contributed by atoms with E-state index in [-0.39, 0.29) is 5.57 Å². The molecule has 0 aromatic heterocycles. The van der Waals surface area contributed by atoms with Gasteiger partial charge in [-0.05, 0) is 13.8 Å². The molecule has 0 rings (SSSR count). The molecule has 0 aromatic rings. The molecule has 0 bridgehead atoms. The van der Waals surface area contributed by atoms with E-state index in [9.17, 15) is 4.79 Å². The van der Waals surface area contributed by atoms with E-state index in [0.29, 0.717) is 0 Å². The second kappa shape index (κ2) is 3.50. The molecule has 1 N–H and O–H groups in total. The molecule has 0 unspecified atom stereocenters. The largest absolute Gasteiger partial charge is 0.466 e. The third kappa shape index (κ3) is 2.32. The summed E-state index contributed by atoms with van der Waals surface area (Å²) in [4.78, 5) is 14.8. The minimum Gasteiger partial charge on any atom is -0.466 e. The van der Waals surface area contributed by atoms with Gasteiger partial charge in [-0.1, -0.05) is 6.58 Å². The van der Waals surface area contributed by atoms with Crippen LogP contribution in [0.5, 0.6) is 0 Å². The topological polar surface area (TPSA) is 55.8 Å². The van der Waals surface area contributed by atoms with Crippen LogP contribution in [-0.2, 0) is 14.4 Å². The summed E-state index contributed by atoms with van der Waals surface area (Å²) in [5.74, 6) is -0.593. The Morgan fingerprint density at radius 1 is 1.55 bits per heavy atom. The fourth-order valence-corrected chi connectivity index (χ4v) is 0.424. The predicted molar refractivity (Wildman–Crippen MR) is 38.9 cm³/mol. The van der Waals surface area contributed by atoms with Crippen molar-refractivity contribution in [3.63, 3.8) is 0 Å². The Morgan fingerprint density at radius 3 is 2.27 bits per heavy atom. The third-order valence-corrected chi connectivity index (χ3v) is 1.39. The molecule has 0 aliphatic rings. The molecule has 0 aromatic carbocycles. The first-order chi connectivity index (χ1) is 4.95. The van der Waals surface area contributed by atoms with E-state index in [1.54, 1.807) is 0 Å². The number of esters is 1.